The number of rotatable bonds is 3. The summed E-state index contributed by atoms with van der Waals surface area (Å²) in [5, 5.41) is 11.5. The summed E-state index contributed by atoms with van der Waals surface area (Å²) in [7, 11) is 0. The lowest BCUT2D eigenvalue weighted by Crippen LogP contribution is -2.25. The molecule has 0 bridgehead atoms. The molecule has 4 aromatic rings. The van der Waals surface area contributed by atoms with E-state index in [9.17, 15) is 9.90 Å². The molecule has 1 N–H and O–H groups in total. The zero-order valence-corrected chi connectivity index (χ0v) is 16.7. The van der Waals surface area contributed by atoms with Gasteiger partial charge in [-0.05, 0) is 55.5 Å². The summed E-state index contributed by atoms with van der Waals surface area (Å²) in [6, 6.07) is 24.2. The number of hydrogen-bond acceptors (Lipinski definition) is 3. The largest absolute Gasteiger partial charge is 0.506 e. The quantitative estimate of drug-likeness (QED) is 0.428. The van der Waals surface area contributed by atoms with E-state index in [-0.39, 0.29) is 16.9 Å². The van der Waals surface area contributed by atoms with Crippen LogP contribution in [0.1, 0.15) is 12.5 Å². The van der Waals surface area contributed by atoms with Crippen LogP contribution in [0.25, 0.3) is 16.6 Å². The first-order valence-corrected chi connectivity index (χ1v) is 9.59. The lowest BCUT2D eigenvalue weighted by atomic mass is 10.1. The van der Waals surface area contributed by atoms with Crippen molar-refractivity contribution in [3.05, 3.63) is 99.3 Å². The van der Waals surface area contributed by atoms with Gasteiger partial charge in [-0.25, -0.2) is 0 Å². The molecule has 0 fully saturated rings. The summed E-state index contributed by atoms with van der Waals surface area (Å²) in [5.74, 6) is -0.0499. The standard InChI is InChI=1S/C23H17BrN2O2/c1-15(25-17-13-11-16(24)12-14-17)21-22(27)19-9-5-6-10-20(19)26(23(21)28)18-7-3-2-4-8-18/h2-14,27H,1H3. The van der Waals surface area contributed by atoms with Crippen molar-refractivity contribution in [3.8, 4) is 11.4 Å². The molecule has 0 aliphatic rings. The van der Waals surface area contributed by atoms with Gasteiger partial charge in [0, 0.05) is 15.5 Å². The lowest BCUT2D eigenvalue weighted by Gasteiger charge is -2.15. The SMILES string of the molecule is CC(=Nc1ccc(Br)cc1)c1c(O)c2ccccc2n(-c2ccccc2)c1=O. The van der Waals surface area contributed by atoms with Crippen LogP contribution in [-0.4, -0.2) is 15.4 Å². The van der Waals surface area contributed by atoms with Crippen LogP contribution in [0.5, 0.6) is 5.75 Å². The lowest BCUT2D eigenvalue weighted by molar-refractivity contribution is 0.478. The predicted molar refractivity (Wildman–Crippen MR) is 117 cm³/mol. The third-order valence-corrected chi connectivity index (χ3v) is 5.08. The number of aromatic hydroxyl groups is 1. The fourth-order valence-corrected chi connectivity index (χ4v) is 3.52. The van der Waals surface area contributed by atoms with Gasteiger partial charge in [-0.2, -0.15) is 0 Å². The van der Waals surface area contributed by atoms with Crippen LogP contribution < -0.4 is 5.56 Å². The van der Waals surface area contributed by atoms with Gasteiger partial charge in [0.25, 0.3) is 5.56 Å². The summed E-state index contributed by atoms with van der Waals surface area (Å²) >= 11 is 3.40. The second-order valence-electron chi connectivity index (χ2n) is 6.39. The van der Waals surface area contributed by atoms with E-state index in [0.29, 0.717) is 22.3 Å². The molecule has 0 aliphatic carbocycles. The van der Waals surface area contributed by atoms with Crippen LogP contribution in [0.2, 0.25) is 0 Å². The van der Waals surface area contributed by atoms with Gasteiger partial charge in [0.1, 0.15) is 11.3 Å². The van der Waals surface area contributed by atoms with Crippen molar-refractivity contribution in [2.75, 3.05) is 0 Å². The molecule has 0 saturated heterocycles. The van der Waals surface area contributed by atoms with Crippen LogP contribution >= 0.6 is 15.9 Å². The molecule has 1 aromatic heterocycles. The van der Waals surface area contributed by atoms with Gasteiger partial charge in [-0.15, -0.1) is 0 Å². The van der Waals surface area contributed by atoms with Gasteiger partial charge in [-0.1, -0.05) is 46.3 Å². The van der Waals surface area contributed by atoms with Crippen LogP contribution in [-0.2, 0) is 0 Å². The van der Waals surface area contributed by atoms with E-state index >= 15 is 0 Å². The van der Waals surface area contributed by atoms with Crippen molar-refractivity contribution in [2.45, 2.75) is 6.92 Å². The predicted octanol–water partition coefficient (Wildman–Crippen LogP) is 5.60. The summed E-state index contributed by atoms with van der Waals surface area (Å²) in [4.78, 5) is 18.0. The minimum atomic E-state index is -0.305. The van der Waals surface area contributed by atoms with Crippen molar-refractivity contribution in [1.29, 1.82) is 0 Å². The maximum absolute atomic E-state index is 13.4. The van der Waals surface area contributed by atoms with Crippen molar-refractivity contribution in [2.24, 2.45) is 4.99 Å². The molecule has 0 radical (unpaired) electrons. The van der Waals surface area contributed by atoms with E-state index in [0.717, 1.165) is 10.2 Å². The van der Waals surface area contributed by atoms with E-state index in [1.807, 2.05) is 72.8 Å². The third kappa shape index (κ3) is 3.25. The Hall–Kier alpha value is -3.18. The molecular formula is C23H17BrN2O2. The molecule has 3 aromatic carbocycles. The molecule has 0 unspecified atom stereocenters. The van der Waals surface area contributed by atoms with Crippen LogP contribution in [0.15, 0.2) is 93.1 Å². The first kappa shape index (κ1) is 18.2. The fraction of sp³-hybridized carbons (Fsp3) is 0.0435. The Labute approximate surface area is 170 Å². The normalized spacial score (nSPS) is 11.7. The maximum atomic E-state index is 13.4. The highest BCUT2D eigenvalue weighted by molar-refractivity contribution is 9.10. The monoisotopic (exact) mass is 432 g/mol. The molecule has 4 nitrogen and oxygen atoms in total. The van der Waals surface area contributed by atoms with Gasteiger partial charge in [0.15, 0.2) is 0 Å². The molecule has 0 atom stereocenters. The number of pyridine rings is 1. The Balaban J connectivity index is 2.02. The van der Waals surface area contributed by atoms with Crippen molar-refractivity contribution in [3.63, 3.8) is 0 Å². The fourth-order valence-electron chi connectivity index (χ4n) is 3.25. The molecule has 1 heterocycles. The van der Waals surface area contributed by atoms with Crippen molar-refractivity contribution < 1.29 is 5.11 Å². The number of fused-ring (bicyclic) bond motifs is 1. The number of para-hydroxylation sites is 2. The Morgan fingerprint density at radius 3 is 2.29 bits per heavy atom. The first-order valence-electron chi connectivity index (χ1n) is 8.79. The average Bonchev–Trinajstić information content (AvgIpc) is 2.71. The molecule has 5 heteroatoms. The molecule has 4 rings (SSSR count). The van der Waals surface area contributed by atoms with E-state index in [1.54, 1.807) is 17.6 Å². The van der Waals surface area contributed by atoms with Crippen LogP contribution in [0.3, 0.4) is 0 Å². The highest BCUT2D eigenvalue weighted by Gasteiger charge is 2.19. The van der Waals surface area contributed by atoms with Gasteiger partial charge < -0.3 is 5.11 Å². The Morgan fingerprint density at radius 1 is 0.929 bits per heavy atom. The number of hydrogen-bond donors (Lipinski definition) is 1. The number of nitrogens with zero attached hydrogens (tertiary/aromatic N) is 2. The van der Waals surface area contributed by atoms with E-state index in [1.165, 1.54) is 0 Å². The number of aromatic nitrogens is 1. The number of benzene rings is 3. The van der Waals surface area contributed by atoms with Gasteiger partial charge in [-0.3, -0.25) is 14.4 Å². The summed E-state index contributed by atoms with van der Waals surface area (Å²) in [6.45, 7) is 1.74. The van der Waals surface area contributed by atoms with Crippen molar-refractivity contribution >= 4 is 38.2 Å². The van der Waals surface area contributed by atoms with Gasteiger partial charge in [0.2, 0.25) is 0 Å². The molecular weight excluding hydrogens is 416 g/mol. The highest BCUT2D eigenvalue weighted by atomic mass is 79.9. The third-order valence-electron chi connectivity index (χ3n) is 4.55. The molecule has 0 aliphatic heterocycles. The molecule has 0 amide bonds. The smallest absolute Gasteiger partial charge is 0.268 e. The Bertz CT molecular complexity index is 1240. The maximum Gasteiger partial charge on any atom is 0.268 e. The van der Waals surface area contributed by atoms with Crippen molar-refractivity contribution in [1.82, 2.24) is 4.57 Å². The summed E-state index contributed by atoms with van der Waals surface area (Å²) in [6.07, 6.45) is 0. The van der Waals surface area contributed by atoms with E-state index in [2.05, 4.69) is 20.9 Å². The van der Waals surface area contributed by atoms with Gasteiger partial charge in [0.05, 0.1) is 16.9 Å². The van der Waals surface area contributed by atoms with Crippen LogP contribution in [0, 0.1) is 0 Å². The number of halogens is 1. The summed E-state index contributed by atoms with van der Waals surface area (Å²) in [5.41, 5.74) is 2.45. The minimum Gasteiger partial charge on any atom is -0.506 e. The minimum absolute atomic E-state index is 0.0499. The zero-order chi connectivity index (χ0) is 19.7. The molecule has 0 saturated carbocycles. The molecule has 0 spiro atoms. The van der Waals surface area contributed by atoms with Crippen LogP contribution in [0.4, 0.5) is 5.69 Å². The molecule has 138 valence electrons. The first-order chi connectivity index (χ1) is 13.6. The average molecular weight is 433 g/mol. The Kier molecular flexibility index (Phi) is 4.84. The highest BCUT2D eigenvalue weighted by Crippen LogP contribution is 2.29. The number of aliphatic imine (C=N–C) groups is 1. The van der Waals surface area contributed by atoms with E-state index < -0.39 is 0 Å². The zero-order valence-electron chi connectivity index (χ0n) is 15.1. The topological polar surface area (TPSA) is 54.6 Å². The van der Waals surface area contributed by atoms with Gasteiger partial charge >= 0.3 is 0 Å². The molecule has 28 heavy (non-hydrogen) atoms. The second-order valence-corrected chi connectivity index (χ2v) is 7.31. The van der Waals surface area contributed by atoms with E-state index in [4.69, 9.17) is 0 Å². The Morgan fingerprint density at radius 2 is 1.57 bits per heavy atom. The summed E-state index contributed by atoms with van der Waals surface area (Å²) < 4.78 is 2.56. The second kappa shape index (κ2) is 7.44.